The molecule has 0 heterocycles. The molecule has 0 bridgehead atoms. The summed E-state index contributed by atoms with van der Waals surface area (Å²) in [6.07, 6.45) is 3.86. The first-order valence-electron chi connectivity index (χ1n) is 6.69. The molecule has 0 saturated carbocycles. The largest absolute Gasteiger partial charge is 0.379 e. The first-order chi connectivity index (χ1) is 10.2. The average molecular weight is 397 g/mol. The number of thiol groups is 2. The number of rotatable bonds is 16. The maximum absolute atomic E-state index is 5.50. The minimum Gasteiger partial charge on any atom is -0.379 e. The monoisotopic (exact) mass is 396 g/mol. The van der Waals surface area contributed by atoms with E-state index in [0.29, 0.717) is 33.0 Å². The second-order valence-corrected chi connectivity index (χ2v) is 7.25. The molecule has 0 aliphatic rings. The van der Waals surface area contributed by atoms with Crippen LogP contribution in [0.3, 0.4) is 0 Å². The Bertz CT molecular complexity index is 204. The quantitative estimate of drug-likeness (QED) is 0.235. The van der Waals surface area contributed by atoms with Gasteiger partial charge in [-0.1, -0.05) is 37.6 Å². The van der Waals surface area contributed by atoms with E-state index in [1.54, 1.807) is 15.7 Å². The molecular formula is C11H25ClN2O3S4. The molecule has 0 aliphatic carbocycles. The number of hydrogen-bond donors (Lipinski definition) is 2. The van der Waals surface area contributed by atoms with Gasteiger partial charge in [-0.05, 0) is 29.8 Å². The van der Waals surface area contributed by atoms with Gasteiger partial charge in [0, 0.05) is 37.5 Å². The van der Waals surface area contributed by atoms with E-state index in [9.17, 15) is 0 Å². The number of ether oxygens (including phenoxy) is 3. The Morgan fingerprint density at radius 2 is 1.24 bits per heavy atom. The highest BCUT2D eigenvalue weighted by molar-refractivity contribution is 8.23. The van der Waals surface area contributed by atoms with Gasteiger partial charge in [-0.15, -0.1) is 0 Å². The van der Waals surface area contributed by atoms with Crippen molar-refractivity contribution < 1.29 is 14.2 Å². The predicted molar refractivity (Wildman–Crippen MR) is 100 cm³/mol. The van der Waals surface area contributed by atoms with E-state index < -0.39 is 0 Å². The SMILES string of the molecule is CSN(S)CCCOCCOCCOCCCN(S)SCl. The van der Waals surface area contributed by atoms with E-state index in [2.05, 4.69) is 25.6 Å². The minimum absolute atomic E-state index is 0.592. The highest BCUT2D eigenvalue weighted by Gasteiger charge is 1.98. The smallest absolute Gasteiger partial charge is 0.0701 e. The van der Waals surface area contributed by atoms with Crippen molar-refractivity contribution in [3.63, 3.8) is 0 Å². The summed E-state index contributed by atoms with van der Waals surface area (Å²) in [4.78, 5) is 0. The maximum atomic E-state index is 5.50. The van der Waals surface area contributed by atoms with Crippen LogP contribution in [0.5, 0.6) is 0 Å². The second kappa shape index (κ2) is 17.8. The van der Waals surface area contributed by atoms with Crippen molar-refractivity contribution in [2.45, 2.75) is 12.8 Å². The molecule has 0 aliphatic heterocycles. The fourth-order valence-corrected chi connectivity index (χ4v) is 2.27. The van der Waals surface area contributed by atoms with Crippen LogP contribution in [0.2, 0.25) is 0 Å². The van der Waals surface area contributed by atoms with Crippen LogP contribution >= 0.6 is 59.4 Å². The third kappa shape index (κ3) is 17.7. The first-order valence-corrected chi connectivity index (χ1v) is 10.3. The standard InChI is InChI=1S/C11H25ClN2O3S4/c1-20-13(18)4-2-6-15-8-10-17-11-9-16-7-3-5-14(19)21-12/h18-19H,2-11H2,1H3. The Morgan fingerprint density at radius 1 is 0.810 bits per heavy atom. The molecule has 21 heavy (non-hydrogen) atoms. The zero-order valence-electron chi connectivity index (χ0n) is 12.3. The topological polar surface area (TPSA) is 34.2 Å². The lowest BCUT2D eigenvalue weighted by molar-refractivity contribution is 0.0136. The van der Waals surface area contributed by atoms with Crippen molar-refractivity contribution in [1.29, 1.82) is 0 Å². The van der Waals surface area contributed by atoms with Crippen LogP contribution in [0.4, 0.5) is 0 Å². The molecule has 0 spiro atoms. The molecule has 10 heteroatoms. The molecule has 0 aromatic rings. The van der Waals surface area contributed by atoms with Gasteiger partial charge in [-0.25, -0.2) is 0 Å². The molecular weight excluding hydrogens is 372 g/mol. The van der Waals surface area contributed by atoms with Crippen molar-refractivity contribution in [3.05, 3.63) is 0 Å². The van der Waals surface area contributed by atoms with Crippen LogP contribution in [0.25, 0.3) is 0 Å². The Morgan fingerprint density at radius 3 is 1.67 bits per heavy atom. The highest BCUT2D eigenvalue weighted by Crippen LogP contribution is 2.16. The molecule has 0 radical (unpaired) electrons. The molecule has 5 nitrogen and oxygen atoms in total. The average Bonchev–Trinajstić information content (AvgIpc) is 2.51. The number of nitrogens with zero attached hydrogens (tertiary/aromatic N) is 2. The molecule has 0 aromatic heterocycles. The van der Waals surface area contributed by atoms with Gasteiger partial charge in [0.05, 0.1) is 26.4 Å². The van der Waals surface area contributed by atoms with Gasteiger partial charge in [-0.2, -0.15) is 7.42 Å². The summed E-state index contributed by atoms with van der Waals surface area (Å²) in [5.74, 6) is 0. The van der Waals surface area contributed by atoms with Crippen molar-refractivity contribution >= 4 is 59.4 Å². The number of halogens is 1. The van der Waals surface area contributed by atoms with E-state index in [0.717, 1.165) is 43.7 Å². The molecule has 0 fully saturated rings. The van der Waals surface area contributed by atoms with Gasteiger partial charge >= 0.3 is 0 Å². The van der Waals surface area contributed by atoms with Gasteiger partial charge in [0.2, 0.25) is 0 Å². The van der Waals surface area contributed by atoms with Gasteiger partial charge < -0.3 is 14.2 Å². The van der Waals surface area contributed by atoms with Crippen LogP contribution in [0.15, 0.2) is 0 Å². The van der Waals surface area contributed by atoms with E-state index in [1.165, 1.54) is 0 Å². The second-order valence-electron chi connectivity index (χ2n) is 3.95. The fraction of sp³-hybridized carbons (Fsp3) is 1.00. The van der Waals surface area contributed by atoms with Crippen molar-refractivity contribution in [2.24, 2.45) is 0 Å². The molecule has 0 amide bonds. The first kappa shape index (κ1) is 22.5. The summed E-state index contributed by atoms with van der Waals surface area (Å²) in [6, 6.07) is 0. The van der Waals surface area contributed by atoms with E-state index in [1.807, 2.05) is 9.97 Å². The summed E-state index contributed by atoms with van der Waals surface area (Å²) < 4.78 is 19.8. The zero-order chi connectivity index (χ0) is 15.8. The third-order valence-corrected chi connectivity index (χ3v) is 5.18. The molecule has 0 atom stereocenters. The van der Waals surface area contributed by atoms with Crippen LogP contribution in [0, 0.1) is 0 Å². The minimum atomic E-state index is 0.592. The summed E-state index contributed by atoms with van der Waals surface area (Å²) in [7, 11) is 5.50. The van der Waals surface area contributed by atoms with Crippen molar-refractivity contribution in [3.8, 4) is 0 Å². The Kier molecular flexibility index (Phi) is 19.1. The fourth-order valence-electron chi connectivity index (χ4n) is 1.27. The van der Waals surface area contributed by atoms with Gasteiger partial charge in [0.25, 0.3) is 0 Å². The molecule has 0 rings (SSSR count). The Labute approximate surface area is 152 Å². The summed E-state index contributed by atoms with van der Waals surface area (Å²) in [5, 5.41) is 0. The predicted octanol–water partition coefficient (Wildman–Crippen LogP) is 3.19. The third-order valence-electron chi connectivity index (χ3n) is 2.31. The van der Waals surface area contributed by atoms with Crippen LogP contribution in [-0.2, 0) is 14.2 Å². The van der Waals surface area contributed by atoms with Crippen LogP contribution < -0.4 is 0 Å². The zero-order valence-corrected chi connectivity index (χ0v) is 16.5. The van der Waals surface area contributed by atoms with E-state index >= 15 is 0 Å². The summed E-state index contributed by atoms with van der Waals surface area (Å²) >= 11 is 11.0. The lowest BCUT2D eigenvalue weighted by Crippen LogP contribution is -2.13. The molecule has 0 N–H and O–H groups in total. The lowest BCUT2D eigenvalue weighted by atomic mass is 10.5. The summed E-state index contributed by atoms with van der Waals surface area (Å²) in [5.41, 5.74) is 0. The molecule has 0 aromatic carbocycles. The molecule has 128 valence electrons. The maximum Gasteiger partial charge on any atom is 0.0701 e. The van der Waals surface area contributed by atoms with Crippen LogP contribution in [0.1, 0.15) is 12.8 Å². The van der Waals surface area contributed by atoms with E-state index in [4.69, 9.17) is 24.9 Å². The van der Waals surface area contributed by atoms with Gasteiger partial charge in [0.1, 0.15) is 0 Å². The van der Waals surface area contributed by atoms with Gasteiger partial charge in [0.15, 0.2) is 0 Å². The Hall–Kier alpha value is 1.49. The normalized spacial score (nSPS) is 11.7. The lowest BCUT2D eigenvalue weighted by Gasteiger charge is -2.11. The van der Waals surface area contributed by atoms with Crippen molar-refractivity contribution in [1.82, 2.24) is 7.42 Å². The molecule has 0 saturated heterocycles. The Balaban J connectivity index is 3.03. The molecule has 0 unspecified atom stereocenters. The van der Waals surface area contributed by atoms with Crippen LogP contribution in [-0.4, -0.2) is 66.4 Å². The number of hydrogen-bond acceptors (Lipinski definition) is 9. The highest BCUT2D eigenvalue weighted by atomic mass is 35.7. The summed E-state index contributed by atoms with van der Waals surface area (Å²) in [6.45, 7) is 5.52. The van der Waals surface area contributed by atoms with E-state index in [-0.39, 0.29) is 0 Å². The van der Waals surface area contributed by atoms with Crippen molar-refractivity contribution in [2.75, 3.05) is 59.0 Å². The van der Waals surface area contributed by atoms with Gasteiger partial charge in [-0.3, -0.25) is 0 Å².